The molecule has 0 aliphatic rings. The zero-order chi connectivity index (χ0) is 21.7. The predicted octanol–water partition coefficient (Wildman–Crippen LogP) is 5.46. The Morgan fingerprint density at radius 3 is 1.70 bits per heavy atom. The Labute approximate surface area is 177 Å². The SMILES string of the molecule is C=C(c1cc(OC)c(OC)c(OC)c1)c1ccc(OC)c(-c2ccc(OC)cc2)c1. The quantitative estimate of drug-likeness (QED) is 0.497. The molecule has 0 saturated heterocycles. The molecule has 0 aromatic heterocycles. The Hall–Kier alpha value is -3.60. The molecule has 5 heteroatoms. The third-order valence-electron chi connectivity index (χ3n) is 4.96. The number of hydrogen-bond acceptors (Lipinski definition) is 5. The van der Waals surface area contributed by atoms with Crippen LogP contribution in [0.25, 0.3) is 16.7 Å². The lowest BCUT2D eigenvalue weighted by Gasteiger charge is -2.16. The van der Waals surface area contributed by atoms with Crippen molar-refractivity contribution in [3.8, 4) is 39.9 Å². The molecule has 0 fully saturated rings. The molecule has 5 nitrogen and oxygen atoms in total. The molecule has 3 rings (SSSR count). The zero-order valence-electron chi connectivity index (χ0n) is 17.9. The molecular weight excluding hydrogens is 380 g/mol. The van der Waals surface area contributed by atoms with E-state index >= 15 is 0 Å². The van der Waals surface area contributed by atoms with Crippen LogP contribution in [-0.4, -0.2) is 35.5 Å². The molecule has 0 unspecified atom stereocenters. The van der Waals surface area contributed by atoms with E-state index in [0.29, 0.717) is 17.2 Å². The molecule has 0 N–H and O–H groups in total. The first-order valence-electron chi connectivity index (χ1n) is 9.38. The molecule has 0 aliphatic heterocycles. The van der Waals surface area contributed by atoms with Gasteiger partial charge in [0.25, 0.3) is 0 Å². The minimum atomic E-state index is 0.546. The molecule has 3 aromatic rings. The first-order chi connectivity index (χ1) is 14.6. The number of hydrogen-bond donors (Lipinski definition) is 0. The summed E-state index contributed by atoms with van der Waals surface area (Å²) in [6, 6.07) is 17.6. The van der Waals surface area contributed by atoms with E-state index < -0.39 is 0 Å². The van der Waals surface area contributed by atoms with Crippen LogP contribution in [0.2, 0.25) is 0 Å². The molecule has 156 valence electrons. The van der Waals surface area contributed by atoms with Gasteiger partial charge in [-0.05, 0) is 58.7 Å². The highest BCUT2D eigenvalue weighted by Crippen LogP contribution is 2.41. The van der Waals surface area contributed by atoms with Crippen LogP contribution in [0.3, 0.4) is 0 Å². The predicted molar refractivity (Wildman–Crippen MR) is 119 cm³/mol. The molecule has 0 spiro atoms. The third kappa shape index (κ3) is 4.06. The van der Waals surface area contributed by atoms with Crippen molar-refractivity contribution in [3.05, 3.63) is 72.3 Å². The number of methoxy groups -OCH3 is 5. The van der Waals surface area contributed by atoms with Gasteiger partial charge >= 0.3 is 0 Å². The Bertz CT molecular complexity index is 1010. The fraction of sp³-hybridized carbons (Fsp3) is 0.200. The Kier molecular flexibility index (Phi) is 6.52. The molecule has 0 bridgehead atoms. The van der Waals surface area contributed by atoms with Crippen LogP contribution in [0.1, 0.15) is 11.1 Å². The van der Waals surface area contributed by atoms with E-state index in [-0.39, 0.29) is 0 Å². The summed E-state index contributed by atoms with van der Waals surface area (Å²) in [5, 5.41) is 0. The Morgan fingerprint density at radius 2 is 1.20 bits per heavy atom. The van der Waals surface area contributed by atoms with E-state index in [1.807, 2.05) is 48.5 Å². The number of ether oxygens (including phenoxy) is 5. The van der Waals surface area contributed by atoms with Crippen molar-refractivity contribution in [2.75, 3.05) is 35.5 Å². The Balaban J connectivity index is 2.06. The average Bonchev–Trinajstić information content (AvgIpc) is 2.82. The fourth-order valence-corrected chi connectivity index (χ4v) is 3.31. The van der Waals surface area contributed by atoms with Gasteiger partial charge < -0.3 is 23.7 Å². The maximum absolute atomic E-state index is 5.58. The smallest absolute Gasteiger partial charge is 0.203 e. The molecule has 0 saturated carbocycles. The van der Waals surface area contributed by atoms with Crippen molar-refractivity contribution in [1.29, 1.82) is 0 Å². The van der Waals surface area contributed by atoms with Crippen molar-refractivity contribution in [3.63, 3.8) is 0 Å². The van der Waals surface area contributed by atoms with E-state index in [9.17, 15) is 0 Å². The minimum Gasteiger partial charge on any atom is -0.497 e. The lowest BCUT2D eigenvalue weighted by molar-refractivity contribution is 0.324. The van der Waals surface area contributed by atoms with Crippen LogP contribution in [0, 0.1) is 0 Å². The van der Waals surface area contributed by atoms with E-state index in [4.69, 9.17) is 23.7 Å². The van der Waals surface area contributed by atoms with Crippen LogP contribution in [0.4, 0.5) is 0 Å². The van der Waals surface area contributed by atoms with Crippen molar-refractivity contribution in [2.24, 2.45) is 0 Å². The van der Waals surface area contributed by atoms with Gasteiger partial charge in [0.2, 0.25) is 5.75 Å². The van der Waals surface area contributed by atoms with Crippen molar-refractivity contribution >= 4 is 5.57 Å². The highest BCUT2D eigenvalue weighted by molar-refractivity contribution is 5.84. The lowest BCUT2D eigenvalue weighted by Crippen LogP contribution is -1.98. The molecule has 0 aliphatic carbocycles. The van der Waals surface area contributed by atoms with Crippen molar-refractivity contribution < 1.29 is 23.7 Å². The normalized spacial score (nSPS) is 10.3. The van der Waals surface area contributed by atoms with Gasteiger partial charge in [-0.3, -0.25) is 0 Å². The summed E-state index contributed by atoms with van der Waals surface area (Å²) in [6.07, 6.45) is 0. The van der Waals surface area contributed by atoms with Gasteiger partial charge in [0.1, 0.15) is 11.5 Å². The van der Waals surface area contributed by atoms with Gasteiger partial charge in [-0.15, -0.1) is 0 Å². The monoisotopic (exact) mass is 406 g/mol. The summed E-state index contributed by atoms with van der Waals surface area (Å²) >= 11 is 0. The molecule has 30 heavy (non-hydrogen) atoms. The van der Waals surface area contributed by atoms with Crippen molar-refractivity contribution in [2.45, 2.75) is 0 Å². The van der Waals surface area contributed by atoms with E-state index in [1.165, 1.54) is 0 Å². The van der Waals surface area contributed by atoms with Gasteiger partial charge in [-0.2, -0.15) is 0 Å². The molecule has 3 aromatic carbocycles. The lowest BCUT2D eigenvalue weighted by atomic mass is 9.94. The third-order valence-corrected chi connectivity index (χ3v) is 4.96. The Morgan fingerprint density at radius 1 is 0.600 bits per heavy atom. The first kappa shape index (κ1) is 21.1. The van der Waals surface area contributed by atoms with Crippen LogP contribution in [0.15, 0.2) is 61.2 Å². The molecule has 0 heterocycles. The van der Waals surface area contributed by atoms with E-state index in [1.54, 1.807) is 35.5 Å². The summed E-state index contributed by atoms with van der Waals surface area (Å²) in [4.78, 5) is 0. The summed E-state index contributed by atoms with van der Waals surface area (Å²) in [5.74, 6) is 3.29. The summed E-state index contributed by atoms with van der Waals surface area (Å²) in [6.45, 7) is 4.31. The molecular formula is C25H26O5. The van der Waals surface area contributed by atoms with Gasteiger partial charge in [-0.1, -0.05) is 24.8 Å². The van der Waals surface area contributed by atoms with E-state index in [0.717, 1.165) is 39.3 Å². The second kappa shape index (κ2) is 9.27. The second-order valence-electron chi connectivity index (χ2n) is 6.54. The zero-order valence-corrected chi connectivity index (χ0v) is 17.9. The molecule has 0 amide bonds. The number of rotatable bonds is 8. The highest BCUT2D eigenvalue weighted by atomic mass is 16.5. The summed E-state index contributed by atoms with van der Waals surface area (Å²) in [5.41, 5.74) is 4.64. The van der Waals surface area contributed by atoms with Gasteiger partial charge in [-0.25, -0.2) is 0 Å². The van der Waals surface area contributed by atoms with Gasteiger partial charge in [0, 0.05) is 5.56 Å². The first-order valence-corrected chi connectivity index (χ1v) is 9.38. The maximum Gasteiger partial charge on any atom is 0.203 e. The minimum absolute atomic E-state index is 0.546. The van der Waals surface area contributed by atoms with Crippen molar-refractivity contribution in [1.82, 2.24) is 0 Å². The summed E-state index contributed by atoms with van der Waals surface area (Å²) in [7, 11) is 8.09. The highest BCUT2D eigenvalue weighted by Gasteiger charge is 2.16. The fourth-order valence-electron chi connectivity index (χ4n) is 3.31. The second-order valence-corrected chi connectivity index (χ2v) is 6.54. The van der Waals surface area contributed by atoms with Gasteiger partial charge in [0.15, 0.2) is 11.5 Å². The van der Waals surface area contributed by atoms with Crippen LogP contribution in [0.5, 0.6) is 28.7 Å². The van der Waals surface area contributed by atoms with Crippen LogP contribution >= 0.6 is 0 Å². The standard InChI is InChI=1S/C25H26O5/c1-16(19-14-23(28-4)25(30-6)24(15-19)29-5)18-9-12-22(27-3)21(13-18)17-7-10-20(26-2)11-8-17/h7-15H,1H2,2-6H3. The average molecular weight is 406 g/mol. The molecule has 0 radical (unpaired) electrons. The topological polar surface area (TPSA) is 46.2 Å². The summed E-state index contributed by atoms with van der Waals surface area (Å²) < 4.78 is 27.2. The van der Waals surface area contributed by atoms with Crippen LogP contribution < -0.4 is 23.7 Å². The van der Waals surface area contributed by atoms with Gasteiger partial charge in [0.05, 0.1) is 35.5 Å². The number of benzene rings is 3. The maximum atomic E-state index is 5.58. The largest absolute Gasteiger partial charge is 0.497 e. The van der Waals surface area contributed by atoms with E-state index in [2.05, 4.69) is 12.6 Å². The molecule has 0 atom stereocenters. The van der Waals surface area contributed by atoms with Crippen LogP contribution in [-0.2, 0) is 0 Å².